The van der Waals surface area contributed by atoms with Gasteiger partial charge in [-0.1, -0.05) is 13.3 Å². The predicted molar refractivity (Wildman–Crippen MR) is 153 cm³/mol. The fourth-order valence-corrected chi connectivity index (χ4v) is 7.73. The van der Waals surface area contributed by atoms with Crippen molar-refractivity contribution in [3.8, 4) is 5.75 Å². The van der Waals surface area contributed by atoms with E-state index in [1.165, 1.54) is 30.6 Å². The van der Waals surface area contributed by atoms with Crippen LogP contribution >= 0.6 is 0 Å². The van der Waals surface area contributed by atoms with Crippen molar-refractivity contribution in [3.05, 3.63) is 29.5 Å². The summed E-state index contributed by atoms with van der Waals surface area (Å²) in [4.78, 5) is 35.6. The monoisotopic (exact) mass is 536 g/mol. The number of nitrogens with one attached hydrogen (secondary N) is 1. The fourth-order valence-electron chi connectivity index (χ4n) is 7.73. The zero-order valence-corrected chi connectivity index (χ0v) is 24.0. The van der Waals surface area contributed by atoms with Crippen LogP contribution in [0.3, 0.4) is 0 Å². The number of likely N-dealkylation sites (N-methyl/N-ethyl adjacent to an activating group) is 2. The van der Waals surface area contributed by atoms with Crippen molar-refractivity contribution in [1.82, 2.24) is 29.5 Å². The summed E-state index contributed by atoms with van der Waals surface area (Å²) >= 11 is 0. The normalized spacial score (nSPS) is 28.4. The first-order valence-corrected chi connectivity index (χ1v) is 14.8. The molecule has 4 aliphatic heterocycles. The molecule has 1 aromatic carbocycles. The summed E-state index contributed by atoms with van der Waals surface area (Å²) in [6, 6.07) is 6.29. The lowest BCUT2D eigenvalue weighted by Crippen LogP contribution is -2.56. The number of hydrogen-bond acceptors (Lipinski definition) is 6. The number of carbonyl (C=O) groups excluding carboxylic acids is 2. The number of ether oxygens (including phenoxy) is 1. The van der Waals surface area contributed by atoms with Gasteiger partial charge >= 0.3 is 12.1 Å². The molecule has 5 heterocycles. The average Bonchev–Trinajstić information content (AvgIpc) is 3.19. The van der Waals surface area contributed by atoms with E-state index in [2.05, 4.69) is 34.0 Å². The molecule has 7 rings (SSSR count). The third-order valence-electron chi connectivity index (χ3n) is 9.65. The minimum Gasteiger partial charge on any atom is -0.410 e. The molecule has 1 saturated carbocycles. The highest BCUT2D eigenvalue weighted by atomic mass is 16.6. The van der Waals surface area contributed by atoms with Crippen molar-refractivity contribution in [2.75, 3.05) is 73.5 Å². The maximum atomic E-state index is 13.8. The Kier molecular flexibility index (Phi) is 7.33. The molecule has 4 bridgehead atoms. The van der Waals surface area contributed by atoms with E-state index in [1.807, 2.05) is 36.9 Å². The summed E-state index contributed by atoms with van der Waals surface area (Å²) in [5.41, 5.74) is 3.38. The molecule has 2 unspecified atom stereocenters. The highest BCUT2D eigenvalue weighted by Gasteiger charge is 2.49. The first kappa shape index (κ1) is 26.6. The molecule has 3 saturated heterocycles. The van der Waals surface area contributed by atoms with Gasteiger partial charge in [-0.05, 0) is 76.0 Å². The molecular formula is C30H44N6O3. The number of benzene rings is 1. The SMILES string of the molecule is CC[C@H]1C[C@H]2C[C@H]3c4c(c5cc(OC(=O)N6CCN(C)CC6)ccc5n4C(=O)NCCN(C)C)CCN(C2)C13. The third-order valence-corrected chi connectivity index (χ3v) is 9.65. The number of carbonyl (C=O) groups is 2. The number of piperazine rings is 1. The van der Waals surface area contributed by atoms with Crippen molar-refractivity contribution in [3.63, 3.8) is 0 Å². The highest BCUT2D eigenvalue weighted by molar-refractivity contribution is 5.96. The third kappa shape index (κ3) is 4.93. The van der Waals surface area contributed by atoms with Gasteiger partial charge in [0.15, 0.2) is 0 Å². The largest absolute Gasteiger partial charge is 0.415 e. The number of rotatable bonds is 5. The number of piperidine rings is 2. The Bertz CT molecular complexity index is 1230. The molecule has 2 aromatic rings. The van der Waals surface area contributed by atoms with Gasteiger partial charge in [-0.15, -0.1) is 0 Å². The van der Waals surface area contributed by atoms with Crippen molar-refractivity contribution in [2.24, 2.45) is 11.8 Å². The summed E-state index contributed by atoms with van der Waals surface area (Å²) < 4.78 is 7.87. The van der Waals surface area contributed by atoms with Gasteiger partial charge in [0.05, 0.1) is 5.52 Å². The molecule has 2 amide bonds. The van der Waals surface area contributed by atoms with Crippen molar-refractivity contribution < 1.29 is 14.3 Å². The topological polar surface area (TPSA) is 73.3 Å². The smallest absolute Gasteiger partial charge is 0.410 e. The second-order valence-electron chi connectivity index (χ2n) is 12.4. The summed E-state index contributed by atoms with van der Waals surface area (Å²) in [5, 5.41) is 4.24. The summed E-state index contributed by atoms with van der Waals surface area (Å²) in [5.74, 6) is 2.28. The molecule has 1 aromatic heterocycles. The van der Waals surface area contributed by atoms with E-state index in [1.54, 1.807) is 4.90 Å². The second-order valence-corrected chi connectivity index (χ2v) is 12.4. The Hall–Kier alpha value is -2.62. The molecule has 5 aliphatic rings. The molecule has 1 N–H and O–H groups in total. The van der Waals surface area contributed by atoms with Crippen LogP contribution in [0.5, 0.6) is 5.75 Å². The van der Waals surface area contributed by atoms with E-state index in [0.29, 0.717) is 49.2 Å². The Labute approximate surface area is 232 Å². The lowest BCUT2D eigenvalue weighted by Gasteiger charge is -2.53. The molecular weight excluding hydrogens is 492 g/mol. The number of amides is 2. The molecule has 212 valence electrons. The van der Waals surface area contributed by atoms with Crippen LogP contribution in [0.4, 0.5) is 9.59 Å². The Balaban J connectivity index is 1.38. The highest BCUT2D eigenvalue weighted by Crippen LogP contribution is 2.52. The van der Waals surface area contributed by atoms with E-state index >= 15 is 0 Å². The second kappa shape index (κ2) is 10.7. The summed E-state index contributed by atoms with van der Waals surface area (Å²) in [6.07, 6.45) is 4.27. The van der Waals surface area contributed by atoms with Gasteiger partial charge < -0.3 is 24.8 Å². The van der Waals surface area contributed by atoms with Crippen LogP contribution in [0, 0.1) is 11.8 Å². The summed E-state index contributed by atoms with van der Waals surface area (Å²) in [6.45, 7) is 8.98. The molecule has 1 aliphatic carbocycles. The Morgan fingerprint density at radius 2 is 1.90 bits per heavy atom. The average molecular weight is 537 g/mol. The maximum Gasteiger partial charge on any atom is 0.415 e. The van der Waals surface area contributed by atoms with Crippen LogP contribution in [-0.2, 0) is 6.42 Å². The van der Waals surface area contributed by atoms with Crippen LogP contribution < -0.4 is 10.1 Å². The van der Waals surface area contributed by atoms with Crippen LogP contribution in [0.2, 0.25) is 0 Å². The predicted octanol–water partition coefficient (Wildman–Crippen LogP) is 3.27. The van der Waals surface area contributed by atoms with Gasteiger partial charge in [-0.2, -0.15) is 0 Å². The lowest BCUT2D eigenvalue weighted by atomic mass is 9.65. The van der Waals surface area contributed by atoms with E-state index in [4.69, 9.17) is 4.74 Å². The minimum absolute atomic E-state index is 0.0479. The molecule has 0 spiro atoms. The number of nitrogens with zero attached hydrogens (tertiary/aromatic N) is 5. The standard InChI is InChI=1S/C30H44N6O3/c1-5-21-16-20-17-25-27(21)35(19-20)10-8-23-24-18-22(39-30(38)34-14-12-33(4)13-15-34)6-7-26(24)36(28(23)25)29(37)31-9-11-32(2)3/h6-7,18,20-21,25,27H,5,8-17,19H2,1-4H3,(H,31,37)/t20-,21-,25+,27?/m0/s1. The van der Waals surface area contributed by atoms with E-state index < -0.39 is 0 Å². The number of aromatic nitrogens is 1. The van der Waals surface area contributed by atoms with Crippen molar-refractivity contribution in [1.29, 1.82) is 0 Å². The first-order chi connectivity index (χ1) is 18.8. The fraction of sp³-hybridized carbons (Fsp3) is 0.667. The molecule has 5 atom stereocenters. The van der Waals surface area contributed by atoms with Gasteiger partial charge in [-0.25, -0.2) is 9.59 Å². The maximum absolute atomic E-state index is 13.8. The number of fused-ring (bicyclic) bond motifs is 4. The van der Waals surface area contributed by atoms with Crippen LogP contribution in [0.25, 0.3) is 10.9 Å². The molecule has 0 radical (unpaired) electrons. The van der Waals surface area contributed by atoms with Gasteiger partial charge in [0, 0.05) is 75.4 Å². The van der Waals surface area contributed by atoms with E-state index in [-0.39, 0.29) is 12.1 Å². The number of hydrogen-bond donors (Lipinski definition) is 1. The summed E-state index contributed by atoms with van der Waals surface area (Å²) in [7, 11) is 6.11. The Morgan fingerprint density at radius 1 is 1.10 bits per heavy atom. The van der Waals surface area contributed by atoms with Crippen LogP contribution in [0.15, 0.2) is 18.2 Å². The van der Waals surface area contributed by atoms with Crippen LogP contribution in [0.1, 0.15) is 43.4 Å². The van der Waals surface area contributed by atoms with Crippen molar-refractivity contribution >= 4 is 23.0 Å². The van der Waals surface area contributed by atoms with E-state index in [9.17, 15) is 9.59 Å². The van der Waals surface area contributed by atoms with Crippen molar-refractivity contribution in [2.45, 2.75) is 44.6 Å². The van der Waals surface area contributed by atoms with E-state index in [0.717, 1.165) is 49.9 Å². The zero-order valence-electron chi connectivity index (χ0n) is 24.0. The first-order valence-electron chi connectivity index (χ1n) is 14.8. The van der Waals surface area contributed by atoms with Gasteiger partial charge in [0.2, 0.25) is 0 Å². The molecule has 39 heavy (non-hydrogen) atoms. The zero-order chi connectivity index (χ0) is 27.3. The quantitative estimate of drug-likeness (QED) is 0.633. The van der Waals surface area contributed by atoms with Gasteiger partial charge in [-0.3, -0.25) is 9.47 Å². The minimum atomic E-state index is -0.292. The Morgan fingerprint density at radius 3 is 2.64 bits per heavy atom. The molecule has 9 nitrogen and oxygen atoms in total. The van der Waals surface area contributed by atoms with Gasteiger partial charge in [0.1, 0.15) is 5.75 Å². The molecule has 4 fully saturated rings. The van der Waals surface area contributed by atoms with Crippen LogP contribution in [-0.4, -0.2) is 116 Å². The molecule has 9 heteroatoms. The van der Waals surface area contributed by atoms with Gasteiger partial charge in [0.25, 0.3) is 0 Å². The lowest BCUT2D eigenvalue weighted by molar-refractivity contribution is -0.0138.